The first-order valence-corrected chi connectivity index (χ1v) is 7.61. The molecular formula is C14H21NO2S. The average Bonchev–Trinajstić information content (AvgIpc) is 2.85. The molecule has 1 aromatic heterocycles. The fraction of sp³-hybridized carbons (Fsp3) is 0.643. The van der Waals surface area contributed by atoms with Crippen LogP contribution >= 0.6 is 11.3 Å². The molecule has 2 N–H and O–H groups in total. The lowest BCUT2D eigenvalue weighted by atomic mass is 9.84. The van der Waals surface area contributed by atoms with Crippen molar-refractivity contribution >= 4 is 17.3 Å². The van der Waals surface area contributed by atoms with Crippen molar-refractivity contribution < 1.29 is 9.90 Å². The quantitative estimate of drug-likeness (QED) is 0.858. The maximum atomic E-state index is 11.0. The van der Waals surface area contributed by atoms with Gasteiger partial charge in [-0.2, -0.15) is 0 Å². The molecule has 1 heterocycles. The van der Waals surface area contributed by atoms with Crippen LogP contribution in [0.25, 0.3) is 0 Å². The monoisotopic (exact) mass is 267 g/mol. The number of rotatable bonds is 5. The summed E-state index contributed by atoms with van der Waals surface area (Å²) in [5.41, 5.74) is 0.922. The van der Waals surface area contributed by atoms with E-state index in [9.17, 15) is 4.79 Å². The molecule has 4 heteroatoms. The van der Waals surface area contributed by atoms with Gasteiger partial charge in [0.15, 0.2) is 0 Å². The summed E-state index contributed by atoms with van der Waals surface area (Å²) in [5.74, 6) is 0.0366. The Morgan fingerprint density at radius 1 is 1.56 bits per heavy atom. The van der Waals surface area contributed by atoms with Crippen LogP contribution in [-0.2, 0) is 6.54 Å². The number of hydrogen-bond donors (Lipinski definition) is 2. The van der Waals surface area contributed by atoms with Crippen LogP contribution in [0, 0.1) is 5.92 Å². The smallest absolute Gasteiger partial charge is 0.346 e. The number of carboxylic acids is 1. The van der Waals surface area contributed by atoms with Crippen LogP contribution in [0.3, 0.4) is 0 Å². The molecule has 0 radical (unpaired) electrons. The van der Waals surface area contributed by atoms with E-state index in [1.807, 2.05) is 11.4 Å². The highest BCUT2D eigenvalue weighted by molar-refractivity contribution is 7.12. The molecule has 1 aromatic rings. The highest BCUT2D eigenvalue weighted by atomic mass is 32.1. The van der Waals surface area contributed by atoms with Crippen LogP contribution in [0.4, 0.5) is 0 Å². The Kier molecular flexibility index (Phi) is 4.78. The average molecular weight is 267 g/mol. The van der Waals surface area contributed by atoms with E-state index in [4.69, 9.17) is 5.11 Å². The summed E-state index contributed by atoms with van der Waals surface area (Å²) in [6.07, 6.45) is 6.38. The lowest BCUT2D eigenvalue weighted by Gasteiger charge is -2.29. The third-order valence-corrected chi connectivity index (χ3v) is 4.83. The van der Waals surface area contributed by atoms with E-state index < -0.39 is 5.97 Å². The van der Waals surface area contributed by atoms with Gasteiger partial charge in [-0.15, -0.1) is 11.3 Å². The van der Waals surface area contributed by atoms with Gasteiger partial charge < -0.3 is 10.4 Å². The minimum absolute atomic E-state index is 0.477. The second-order valence-electron chi connectivity index (χ2n) is 5.10. The lowest BCUT2D eigenvalue weighted by molar-refractivity contribution is 0.0701. The van der Waals surface area contributed by atoms with Gasteiger partial charge >= 0.3 is 5.97 Å². The molecule has 3 nitrogen and oxygen atoms in total. The van der Waals surface area contributed by atoms with Crippen LogP contribution in [-0.4, -0.2) is 17.1 Å². The minimum atomic E-state index is -0.808. The second kappa shape index (κ2) is 6.34. The van der Waals surface area contributed by atoms with E-state index in [1.165, 1.54) is 43.4 Å². The van der Waals surface area contributed by atoms with Crippen molar-refractivity contribution in [3.05, 3.63) is 21.9 Å². The van der Waals surface area contributed by atoms with E-state index in [2.05, 4.69) is 12.2 Å². The molecule has 1 aliphatic carbocycles. The Hall–Kier alpha value is -0.870. The highest BCUT2D eigenvalue weighted by Crippen LogP contribution is 2.27. The van der Waals surface area contributed by atoms with Crippen molar-refractivity contribution in [2.45, 2.75) is 51.6 Å². The highest BCUT2D eigenvalue weighted by Gasteiger charge is 2.21. The van der Waals surface area contributed by atoms with Gasteiger partial charge in [-0.25, -0.2) is 4.79 Å². The van der Waals surface area contributed by atoms with E-state index in [0.29, 0.717) is 17.5 Å². The van der Waals surface area contributed by atoms with Crippen LogP contribution in [0.15, 0.2) is 11.4 Å². The Morgan fingerprint density at radius 2 is 2.39 bits per heavy atom. The van der Waals surface area contributed by atoms with E-state index in [0.717, 1.165) is 11.5 Å². The molecule has 1 aliphatic rings. The zero-order valence-corrected chi connectivity index (χ0v) is 11.6. The molecule has 0 aliphatic heterocycles. The topological polar surface area (TPSA) is 49.3 Å². The molecular weight excluding hydrogens is 246 g/mol. The maximum Gasteiger partial charge on any atom is 0.346 e. The van der Waals surface area contributed by atoms with Gasteiger partial charge in [-0.05, 0) is 35.8 Å². The molecule has 2 rings (SSSR count). The van der Waals surface area contributed by atoms with E-state index in [-0.39, 0.29) is 0 Å². The fourth-order valence-electron chi connectivity index (χ4n) is 2.76. The number of carbonyl (C=O) groups is 1. The Labute approximate surface area is 112 Å². The summed E-state index contributed by atoms with van der Waals surface area (Å²) in [6, 6.07) is 2.48. The van der Waals surface area contributed by atoms with Crippen molar-refractivity contribution in [3.8, 4) is 0 Å². The summed E-state index contributed by atoms with van der Waals surface area (Å²) in [6.45, 7) is 2.95. The number of carboxylic acid groups (broad SMARTS) is 1. The van der Waals surface area contributed by atoms with Gasteiger partial charge in [-0.1, -0.05) is 26.2 Å². The summed E-state index contributed by atoms with van der Waals surface area (Å²) in [4.78, 5) is 11.5. The van der Waals surface area contributed by atoms with Crippen molar-refractivity contribution in [2.75, 3.05) is 0 Å². The Bertz CT molecular complexity index is 402. The van der Waals surface area contributed by atoms with Gasteiger partial charge in [-0.3, -0.25) is 0 Å². The SMILES string of the molecule is CCC1CCCC(NCc2ccsc2C(=O)O)C1. The van der Waals surface area contributed by atoms with Crippen molar-refractivity contribution in [3.63, 3.8) is 0 Å². The first-order valence-electron chi connectivity index (χ1n) is 6.73. The Balaban J connectivity index is 1.87. The number of hydrogen-bond acceptors (Lipinski definition) is 3. The molecule has 0 aromatic carbocycles. The molecule has 2 unspecified atom stereocenters. The summed E-state index contributed by atoms with van der Waals surface area (Å²) in [7, 11) is 0. The van der Waals surface area contributed by atoms with Gasteiger partial charge in [0.2, 0.25) is 0 Å². The molecule has 100 valence electrons. The second-order valence-corrected chi connectivity index (χ2v) is 6.01. The molecule has 18 heavy (non-hydrogen) atoms. The lowest BCUT2D eigenvalue weighted by Crippen LogP contribution is -2.33. The molecule has 1 fully saturated rings. The van der Waals surface area contributed by atoms with Crippen molar-refractivity contribution in [2.24, 2.45) is 5.92 Å². The molecule has 0 bridgehead atoms. The first-order chi connectivity index (χ1) is 8.70. The third kappa shape index (κ3) is 3.33. The fourth-order valence-corrected chi connectivity index (χ4v) is 3.52. The number of thiophene rings is 1. The van der Waals surface area contributed by atoms with Crippen LogP contribution in [0.1, 0.15) is 54.3 Å². The van der Waals surface area contributed by atoms with Gasteiger partial charge in [0.05, 0.1) is 0 Å². The van der Waals surface area contributed by atoms with E-state index in [1.54, 1.807) is 0 Å². The first kappa shape index (κ1) is 13.6. The Morgan fingerprint density at radius 3 is 3.11 bits per heavy atom. The normalized spacial score (nSPS) is 24.1. The summed E-state index contributed by atoms with van der Waals surface area (Å²) >= 11 is 1.31. The minimum Gasteiger partial charge on any atom is -0.477 e. The number of nitrogens with one attached hydrogen (secondary N) is 1. The molecule has 0 amide bonds. The zero-order chi connectivity index (χ0) is 13.0. The van der Waals surface area contributed by atoms with Crippen LogP contribution in [0.5, 0.6) is 0 Å². The predicted octanol–water partition coefficient (Wildman–Crippen LogP) is 3.50. The van der Waals surface area contributed by atoms with Crippen molar-refractivity contribution in [1.29, 1.82) is 0 Å². The van der Waals surface area contributed by atoms with Gasteiger partial charge in [0.25, 0.3) is 0 Å². The maximum absolute atomic E-state index is 11.0. The van der Waals surface area contributed by atoms with Gasteiger partial charge in [0, 0.05) is 12.6 Å². The van der Waals surface area contributed by atoms with Crippen molar-refractivity contribution in [1.82, 2.24) is 5.32 Å². The van der Waals surface area contributed by atoms with E-state index >= 15 is 0 Å². The van der Waals surface area contributed by atoms with Crippen LogP contribution < -0.4 is 5.32 Å². The molecule has 0 spiro atoms. The molecule has 0 saturated heterocycles. The third-order valence-electron chi connectivity index (χ3n) is 3.88. The largest absolute Gasteiger partial charge is 0.477 e. The summed E-state index contributed by atoms with van der Waals surface area (Å²) < 4.78 is 0. The predicted molar refractivity (Wildman–Crippen MR) is 74.2 cm³/mol. The van der Waals surface area contributed by atoms with Crippen LogP contribution in [0.2, 0.25) is 0 Å². The summed E-state index contributed by atoms with van der Waals surface area (Å²) in [5, 5.41) is 14.4. The number of aromatic carboxylic acids is 1. The standard InChI is InChI=1S/C14H21NO2S/c1-2-10-4-3-5-12(8-10)15-9-11-6-7-18-13(11)14(16)17/h6-7,10,12,15H,2-5,8-9H2,1H3,(H,16,17). The zero-order valence-electron chi connectivity index (χ0n) is 10.8. The molecule has 1 saturated carbocycles. The molecule has 2 atom stereocenters. The van der Waals surface area contributed by atoms with Gasteiger partial charge in [0.1, 0.15) is 4.88 Å².